The molecule has 3 rings (SSSR count). The van der Waals surface area contributed by atoms with Gasteiger partial charge in [0.15, 0.2) is 0 Å². The number of nitrogens with one attached hydrogen (secondary N) is 1. The highest BCUT2D eigenvalue weighted by atomic mass is 35.5. The summed E-state index contributed by atoms with van der Waals surface area (Å²) in [4.78, 5) is 31.1. The molecular weight excluding hydrogens is 385 g/mol. The van der Waals surface area contributed by atoms with Gasteiger partial charge in [0.25, 0.3) is 5.91 Å². The number of pyridine rings is 1. The van der Waals surface area contributed by atoms with Crippen molar-refractivity contribution in [1.29, 1.82) is 0 Å². The normalized spacial score (nSPS) is 18.0. The molecule has 2 amide bonds. The third-order valence-corrected chi connectivity index (χ3v) is 5.55. The molecule has 1 saturated heterocycles. The molecule has 2 atom stereocenters. The highest BCUT2D eigenvalue weighted by Crippen LogP contribution is 2.25. The Morgan fingerprint density at radius 2 is 1.93 bits per heavy atom. The Hall–Kier alpha value is -2.11. The molecule has 1 aliphatic rings. The summed E-state index contributed by atoms with van der Waals surface area (Å²) in [6.07, 6.45) is 4.96. The molecule has 0 radical (unpaired) electrons. The van der Waals surface area contributed by atoms with Gasteiger partial charge in [-0.3, -0.25) is 14.6 Å². The van der Waals surface area contributed by atoms with E-state index in [1.807, 2.05) is 19.1 Å². The first kappa shape index (κ1) is 19.6. The van der Waals surface area contributed by atoms with Crippen molar-refractivity contribution in [2.24, 2.45) is 5.92 Å². The largest absolute Gasteiger partial charge is 0.349 e. The van der Waals surface area contributed by atoms with Crippen LogP contribution in [0.4, 0.5) is 0 Å². The predicted molar refractivity (Wildman–Crippen MR) is 106 cm³/mol. The molecule has 1 aromatic carbocycles. The van der Waals surface area contributed by atoms with Crippen LogP contribution in [0.15, 0.2) is 42.7 Å². The molecule has 0 unspecified atom stereocenters. The molecule has 1 N–H and O–H groups in total. The fourth-order valence-electron chi connectivity index (χ4n) is 3.25. The van der Waals surface area contributed by atoms with Crippen molar-refractivity contribution in [3.8, 4) is 0 Å². The lowest BCUT2D eigenvalue weighted by Crippen LogP contribution is -2.45. The molecule has 2 aromatic rings. The summed E-state index contributed by atoms with van der Waals surface area (Å²) in [5.41, 5.74) is 1.48. The molecule has 0 saturated carbocycles. The van der Waals surface area contributed by atoms with E-state index in [1.165, 1.54) is 0 Å². The number of amides is 2. The van der Waals surface area contributed by atoms with Gasteiger partial charge in [0.2, 0.25) is 5.91 Å². The van der Waals surface area contributed by atoms with Crippen LogP contribution in [-0.4, -0.2) is 34.8 Å². The maximum atomic E-state index is 12.8. The molecule has 27 heavy (non-hydrogen) atoms. The number of benzene rings is 1. The monoisotopic (exact) mass is 405 g/mol. The van der Waals surface area contributed by atoms with Crippen LogP contribution in [-0.2, 0) is 4.79 Å². The second kappa shape index (κ2) is 8.72. The third kappa shape index (κ3) is 4.79. The van der Waals surface area contributed by atoms with Gasteiger partial charge >= 0.3 is 0 Å². The van der Waals surface area contributed by atoms with Gasteiger partial charge in [-0.1, -0.05) is 23.2 Å². The third-order valence-electron chi connectivity index (χ3n) is 4.81. The zero-order chi connectivity index (χ0) is 19.4. The molecule has 2 heterocycles. The van der Waals surface area contributed by atoms with Crippen molar-refractivity contribution in [3.63, 3.8) is 0 Å². The number of likely N-dealkylation sites (tertiary alicyclic amines) is 1. The molecule has 1 aromatic heterocycles. The van der Waals surface area contributed by atoms with Crippen LogP contribution in [0.25, 0.3) is 0 Å². The van der Waals surface area contributed by atoms with Crippen molar-refractivity contribution < 1.29 is 9.59 Å². The van der Waals surface area contributed by atoms with Crippen LogP contribution < -0.4 is 5.32 Å². The summed E-state index contributed by atoms with van der Waals surface area (Å²) < 4.78 is 0. The topological polar surface area (TPSA) is 62.3 Å². The van der Waals surface area contributed by atoms with E-state index in [0.29, 0.717) is 28.7 Å². The highest BCUT2D eigenvalue weighted by molar-refractivity contribution is 6.42. The zero-order valence-electron chi connectivity index (χ0n) is 15.0. The van der Waals surface area contributed by atoms with Crippen molar-refractivity contribution in [2.75, 3.05) is 13.1 Å². The Morgan fingerprint density at radius 3 is 2.63 bits per heavy atom. The smallest absolute Gasteiger partial charge is 0.253 e. The minimum Gasteiger partial charge on any atom is -0.349 e. The van der Waals surface area contributed by atoms with E-state index in [-0.39, 0.29) is 23.8 Å². The Morgan fingerprint density at radius 1 is 1.19 bits per heavy atom. The number of hydrogen-bond acceptors (Lipinski definition) is 3. The van der Waals surface area contributed by atoms with Crippen LogP contribution in [0, 0.1) is 5.92 Å². The highest BCUT2D eigenvalue weighted by Gasteiger charge is 2.29. The van der Waals surface area contributed by atoms with Crippen LogP contribution in [0.3, 0.4) is 0 Å². The first-order chi connectivity index (χ1) is 13.0. The standard InChI is InChI=1S/C20H21Cl2N3O2/c1-13(14-6-8-23-9-7-14)24-19(26)16-3-2-10-25(12-16)20(27)15-4-5-17(21)18(22)11-15/h4-9,11,13,16H,2-3,10,12H2,1H3,(H,24,26)/t13-,16+/m0/s1. The quantitative estimate of drug-likeness (QED) is 0.831. The van der Waals surface area contributed by atoms with E-state index in [0.717, 1.165) is 18.4 Å². The van der Waals surface area contributed by atoms with Crippen LogP contribution in [0.5, 0.6) is 0 Å². The van der Waals surface area contributed by atoms with E-state index < -0.39 is 0 Å². The average Bonchev–Trinajstić information content (AvgIpc) is 2.70. The molecular formula is C20H21Cl2N3O2. The van der Waals surface area contributed by atoms with E-state index in [9.17, 15) is 9.59 Å². The first-order valence-electron chi connectivity index (χ1n) is 8.90. The van der Waals surface area contributed by atoms with Gasteiger partial charge in [-0.15, -0.1) is 0 Å². The van der Waals surface area contributed by atoms with E-state index >= 15 is 0 Å². The minimum absolute atomic E-state index is 0.0362. The maximum absolute atomic E-state index is 12.8. The zero-order valence-corrected chi connectivity index (χ0v) is 16.5. The number of nitrogens with zero attached hydrogens (tertiary/aromatic N) is 2. The number of rotatable bonds is 4. The van der Waals surface area contributed by atoms with Gasteiger partial charge in [-0.2, -0.15) is 0 Å². The lowest BCUT2D eigenvalue weighted by molar-refractivity contribution is -0.127. The predicted octanol–water partition coefficient (Wildman–Crippen LogP) is 4.12. The Balaban J connectivity index is 1.63. The number of aromatic nitrogens is 1. The summed E-state index contributed by atoms with van der Waals surface area (Å²) in [5.74, 6) is -0.394. The van der Waals surface area contributed by atoms with E-state index in [2.05, 4.69) is 10.3 Å². The molecule has 142 valence electrons. The Labute approximate surface area is 168 Å². The number of carbonyl (C=O) groups is 2. The number of piperidine rings is 1. The van der Waals surface area contributed by atoms with Crippen LogP contribution >= 0.6 is 23.2 Å². The van der Waals surface area contributed by atoms with Gasteiger partial charge in [0.1, 0.15) is 0 Å². The molecule has 1 fully saturated rings. The molecule has 1 aliphatic heterocycles. The summed E-state index contributed by atoms with van der Waals surface area (Å²) in [6.45, 7) is 2.96. The van der Waals surface area contributed by atoms with Gasteiger partial charge < -0.3 is 10.2 Å². The molecule has 7 heteroatoms. The second-order valence-corrected chi connectivity index (χ2v) is 7.54. The van der Waals surface area contributed by atoms with Gasteiger partial charge in [-0.25, -0.2) is 0 Å². The lowest BCUT2D eigenvalue weighted by Gasteiger charge is -2.32. The minimum atomic E-state index is -0.227. The van der Waals surface area contributed by atoms with Gasteiger partial charge in [0, 0.05) is 31.0 Å². The summed E-state index contributed by atoms with van der Waals surface area (Å²) in [7, 11) is 0. The molecule has 0 bridgehead atoms. The van der Waals surface area contributed by atoms with Crippen LogP contribution in [0.1, 0.15) is 41.7 Å². The van der Waals surface area contributed by atoms with Crippen molar-refractivity contribution in [2.45, 2.75) is 25.8 Å². The first-order valence-corrected chi connectivity index (χ1v) is 9.66. The number of hydrogen-bond donors (Lipinski definition) is 1. The Kier molecular flexibility index (Phi) is 6.34. The van der Waals surface area contributed by atoms with E-state index in [4.69, 9.17) is 23.2 Å². The fraction of sp³-hybridized carbons (Fsp3) is 0.350. The summed E-state index contributed by atoms with van der Waals surface area (Å²) >= 11 is 11.9. The second-order valence-electron chi connectivity index (χ2n) is 6.73. The van der Waals surface area contributed by atoms with Crippen molar-refractivity contribution >= 4 is 35.0 Å². The average molecular weight is 406 g/mol. The van der Waals surface area contributed by atoms with Crippen molar-refractivity contribution in [3.05, 3.63) is 63.9 Å². The molecule has 0 aliphatic carbocycles. The van der Waals surface area contributed by atoms with Crippen molar-refractivity contribution in [1.82, 2.24) is 15.2 Å². The fourth-order valence-corrected chi connectivity index (χ4v) is 3.55. The van der Waals surface area contributed by atoms with E-state index in [1.54, 1.807) is 35.5 Å². The molecule has 5 nitrogen and oxygen atoms in total. The van der Waals surface area contributed by atoms with Crippen LogP contribution in [0.2, 0.25) is 10.0 Å². The van der Waals surface area contributed by atoms with Gasteiger partial charge in [0.05, 0.1) is 22.0 Å². The lowest BCUT2D eigenvalue weighted by atomic mass is 9.95. The number of halogens is 2. The summed E-state index contributed by atoms with van der Waals surface area (Å²) in [5, 5.41) is 3.80. The SMILES string of the molecule is C[C@H](NC(=O)[C@@H]1CCCN(C(=O)c2ccc(Cl)c(Cl)c2)C1)c1ccncc1. The molecule has 0 spiro atoms. The maximum Gasteiger partial charge on any atom is 0.253 e. The van der Waals surface area contributed by atoms with Gasteiger partial charge in [-0.05, 0) is 55.7 Å². The Bertz CT molecular complexity index is 829. The summed E-state index contributed by atoms with van der Waals surface area (Å²) in [6, 6.07) is 8.49. The number of carbonyl (C=O) groups excluding carboxylic acids is 2.